The van der Waals surface area contributed by atoms with Crippen LogP contribution in [0.5, 0.6) is 0 Å². The van der Waals surface area contributed by atoms with Crippen molar-refractivity contribution in [2.45, 2.75) is 18.2 Å². The summed E-state index contributed by atoms with van der Waals surface area (Å²) in [6, 6.07) is 5.22. The van der Waals surface area contributed by atoms with Crippen LogP contribution in [0.1, 0.15) is 5.56 Å². The van der Waals surface area contributed by atoms with Crippen LogP contribution in [0, 0.1) is 11.8 Å². The number of hydrogen-bond donors (Lipinski definition) is 0. The molecule has 1 aromatic rings. The van der Waals surface area contributed by atoms with E-state index >= 15 is 0 Å². The summed E-state index contributed by atoms with van der Waals surface area (Å²) in [6.45, 7) is 0.564. The molecule has 3 aliphatic heterocycles. The number of benzene rings is 1. The van der Waals surface area contributed by atoms with Crippen molar-refractivity contribution in [3.05, 3.63) is 46.0 Å². The van der Waals surface area contributed by atoms with Crippen LogP contribution in [0.3, 0.4) is 0 Å². The first-order valence-corrected chi connectivity index (χ1v) is 7.98. The number of ether oxygens (including phenoxy) is 1. The van der Waals surface area contributed by atoms with E-state index in [0.717, 1.165) is 0 Å². The average molecular weight is 353 g/mol. The lowest BCUT2D eigenvalue weighted by Gasteiger charge is -2.24. The van der Waals surface area contributed by atoms with Crippen molar-refractivity contribution < 1.29 is 19.4 Å². The van der Waals surface area contributed by atoms with E-state index in [4.69, 9.17) is 27.9 Å². The first-order valence-electron chi connectivity index (χ1n) is 7.23. The summed E-state index contributed by atoms with van der Waals surface area (Å²) >= 11 is 12.2. The number of carbonyl (C=O) groups excluding carboxylic acids is 2. The van der Waals surface area contributed by atoms with Gasteiger partial charge < -0.3 is 19.5 Å². The molecule has 1 aromatic carbocycles. The van der Waals surface area contributed by atoms with Gasteiger partial charge in [-0.1, -0.05) is 47.5 Å². The Hall–Kier alpha value is -1.56. The second-order valence-electron chi connectivity index (χ2n) is 6.13. The zero-order valence-corrected chi connectivity index (χ0v) is 13.4. The van der Waals surface area contributed by atoms with Gasteiger partial charge in [0.05, 0.1) is 28.6 Å². The molecule has 0 saturated carbocycles. The minimum absolute atomic E-state index is 0.248. The molecule has 2 saturated heterocycles. The van der Waals surface area contributed by atoms with E-state index in [9.17, 15) is 14.7 Å². The molecule has 0 aromatic heterocycles. The van der Waals surface area contributed by atoms with E-state index in [0.29, 0.717) is 22.2 Å². The summed E-state index contributed by atoms with van der Waals surface area (Å²) in [5, 5.41) is 12.2. The third-order valence-corrected chi connectivity index (χ3v) is 5.70. The zero-order chi connectivity index (χ0) is 16.4. The fourth-order valence-electron chi connectivity index (χ4n) is 3.86. The number of carboxylic acid groups (broad SMARTS) is 1. The summed E-state index contributed by atoms with van der Waals surface area (Å²) < 4.78 is 5.80. The molecule has 1 spiro atoms. The van der Waals surface area contributed by atoms with Gasteiger partial charge in [-0.25, -0.2) is 0 Å². The normalized spacial score (nSPS) is 34.3. The van der Waals surface area contributed by atoms with Gasteiger partial charge in [-0.05, 0) is 11.6 Å². The van der Waals surface area contributed by atoms with E-state index in [-0.39, 0.29) is 12.5 Å². The van der Waals surface area contributed by atoms with Gasteiger partial charge in [-0.3, -0.25) is 4.79 Å². The Balaban J connectivity index is 1.64. The minimum atomic E-state index is -1.25. The molecule has 4 atom stereocenters. The fourth-order valence-corrected chi connectivity index (χ4v) is 4.24. The highest BCUT2D eigenvalue weighted by molar-refractivity contribution is 6.42. The minimum Gasteiger partial charge on any atom is -0.550 e. The molecule has 0 radical (unpaired) electrons. The van der Waals surface area contributed by atoms with E-state index in [1.54, 1.807) is 35.3 Å². The zero-order valence-electron chi connectivity index (χ0n) is 11.9. The van der Waals surface area contributed by atoms with Crippen molar-refractivity contribution in [2.75, 3.05) is 6.54 Å². The maximum atomic E-state index is 12.7. The van der Waals surface area contributed by atoms with Gasteiger partial charge >= 0.3 is 0 Å². The molecule has 0 aliphatic carbocycles. The lowest BCUT2D eigenvalue weighted by molar-refractivity contribution is -0.313. The van der Waals surface area contributed by atoms with Gasteiger partial charge in [0.15, 0.2) is 0 Å². The van der Waals surface area contributed by atoms with E-state index in [2.05, 4.69) is 0 Å². The van der Waals surface area contributed by atoms with Crippen molar-refractivity contribution in [2.24, 2.45) is 11.8 Å². The topological polar surface area (TPSA) is 69.7 Å². The quantitative estimate of drug-likeness (QED) is 0.761. The largest absolute Gasteiger partial charge is 0.550 e. The van der Waals surface area contributed by atoms with Crippen LogP contribution in [-0.4, -0.2) is 35.0 Å². The molecule has 23 heavy (non-hydrogen) atoms. The number of fused-ring (bicyclic) bond motifs is 1. The Kier molecular flexibility index (Phi) is 3.24. The molecule has 0 N–H and O–H groups in total. The highest BCUT2D eigenvalue weighted by Gasteiger charge is 2.65. The SMILES string of the molecule is O=C([O-])[C@H]1[C@H]2C=C[C@]3(CN(Cc4cccc(Cl)c4Cl)C(=O)[C@@H]13)O2. The first kappa shape index (κ1) is 15.0. The summed E-state index contributed by atoms with van der Waals surface area (Å²) in [7, 11) is 0. The van der Waals surface area contributed by atoms with E-state index < -0.39 is 29.5 Å². The predicted octanol–water partition coefficient (Wildman–Crippen LogP) is 1.03. The Morgan fingerprint density at radius 1 is 1.43 bits per heavy atom. The molecule has 2 fully saturated rings. The first-order chi connectivity index (χ1) is 10.9. The van der Waals surface area contributed by atoms with Crippen LogP contribution in [-0.2, 0) is 20.9 Å². The van der Waals surface area contributed by atoms with Gasteiger partial charge in [0.1, 0.15) is 5.60 Å². The second-order valence-corrected chi connectivity index (χ2v) is 6.91. The Morgan fingerprint density at radius 3 is 2.96 bits per heavy atom. The summed E-state index contributed by atoms with van der Waals surface area (Å²) in [4.78, 5) is 25.7. The smallest absolute Gasteiger partial charge is 0.230 e. The molecule has 7 heteroatoms. The molecule has 4 rings (SSSR count). The van der Waals surface area contributed by atoms with Crippen LogP contribution in [0.15, 0.2) is 30.4 Å². The van der Waals surface area contributed by atoms with Crippen molar-refractivity contribution in [1.29, 1.82) is 0 Å². The number of halogens is 2. The van der Waals surface area contributed by atoms with E-state index in [1.165, 1.54) is 0 Å². The third kappa shape index (κ3) is 2.04. The van der Waals surface area contributed by atoms with E-state index in [1.807, 2.05) is 0 Å². The maximum Gasteiger partial charge on any atom is 0.230 e. The number of nitrogens with zero attached hydrogens (tertiary/aromatic N) is 1. The van der Waals surface area contributed by atoms with Gasteiger partial charge in [0, 0.05) is 18.4 Å². The van der Waals surface area contributed by atoms with Crippen LogP contribution < -0.4 is 5.11 Å². The molecule has 3 heterocycles. The second kappa shape index (κ2) is 4.97. The van der Waals surface area contributed by atoms with Crippen LogP contribution in [0.4, 0.5) is 0 Å². The molecule has 3 aliphatic rings. The van der Waals surface area contributed by atoms with Gasteiger partial charge in [-0.15, -0.1) is 0 Å². The number of carboxylic acids is 1. The maximum absolute atomic E-state index is 12.7. The standard InChI is InChI=1S/C16H13Cl2NO4/c17-9-3-1-2-8(13(9)18)6-19-7-16-5-4-10(23-16)11(15(21)22)12(16)14(19)20/h1-5,10-12H,6-7H2,(H,21,22)/p-1/t10-,11+,12-,16-/m1/s1. The number of likely N-dealkylation sites (tertiary alicyclic amines) is 1. The Bertz CT molecular complexity index is 750. The molecule has 0 unspecified atom stereocenters. The van der Waals surface area contributed by atoms with Crippen molar-refractivity contribution in [3.8, 4) is 0 Å². The monoisotopic (exact) mass is 352 g/mol. The lowest BCUT2D eigenvalue weighted by atomic mass is 9.77. The summed E-state index contributed by atoms with van der Waals surface area (Å²) in [5.41, 5.74) is -0.148. The number of rotatable bonds is 3. The number of aliphatic carboxylic acids is 1. The van der Waals surface area contributed by atoms with Crippen LogP contribution in [0.2, 0.25) is 10.0 Å². The van der Waals surface area contributed by atoms with Crippen molar-refractivity contribution in [3.63, 3.8) is 0 Å². The number of carbonyl (C=O) groups is 2. The molecular formula is C16H12Cl2NO4-. The highest BCUT2D eigenvalue weighted by Crippen LogP contribution is 2.52. The predicted molar refractivity (Wildman–Crippen MR) is 80.6 cm³/mol. The molecule has 1 amide bonds. The molecular weight excluding hydrogens is 341 g/mol. The molecule has 120 valence electrons. The van der Waals surface area contributed by atoms with Gasteiger partial charge in [0.25, 0.3) is 0 Å². The Morgan fingerprint density at radius 2 is 2.22 bits per heavy atom. The molecule has 2 bridgehead atoms. The fraction of sp³-hybridized carbons (Fsp3) is 0.375. The number of hydrogen-bond acceptors (Lipinski definition) is 4. The van der Waals surface area contributed by atoms with Gasteiger partial charge in [0.2, 0.25) is 5.91 Å². The van der Waals surface area contributed by atoms with Gasteiger partial charge in [-0.2, -0.15) is 0 Å². The lowest BCUT2D eigenvalue weighted by Crippen LogP contribution is -2.45. The summed E-state index contributed by atoms with van der Waals surface area (Å²) in [5.74, 6) is -3.17. The van der Waals surface area contributed by atoms with Crippen molar-refractivity contribution >= 4 is 35.1 Å². The van der Waals surface area contributed by atoms with Crippen molar-refractivity contribution in [1.82, 2.24) is 4.90 Å². The number of amides is 1. The Labute approximate surface area is 142 Å². The highest BCUT2D eigenvalue weighted by atomic mass is 35.5. The van der Waals surface area contributed by atoms with Crippen LogP contribution >= 0.6 is 23.2 Å². The third-order valence-electron chi connectivity index (χ3n) is 4.84. The summed E-state index contributed by atoms with van der Waals surface area (Å²) in [6.07, 6.45) is 2.94. The molecule has 5 nitrogen and oxygen atoms in total. The van der Waals surface area contributed by atoms with Crippen LogP contribution in [0.25, 0.3) is 0 Å². The average Bonchev–Trinajstić information content (AvgIpc) is 3.13.